The van der Waals surface area contributed by atoms with Crippen LogP contribution in [-0.4, -0.2) is 63.1 Å². The number of thiophene rings is 1. The van der Waals surface area contributed by atoms with Crippen LogP contribution in [0.1, 0.15) is 40.1 Å². The Morgan fingerprint density at radius 2 is 2.06 bits per heavy atom. The van der Waals surface area contributed by atoms with Gasteiger partial charge in [-0.05, 0) is 73.1 Å². The summed E-state index contributed by atoms with van der Waals surface area (Å²) >= 11 is 1.52. The zero-order valence-corrected chi connectivity index (χ0v) is 19.3. The third kappa shape index (κ3) is 4.13. The Hall–Kier alpha value is -1.90. The van der Waals surface area contributed by atoms with Crippen LogP contribution >= 0.6 is 11.3 Å². The molecule has 8 heteroatoms. The van der Waals surface area contributed by atoms with Gasteiger partial charge in [-0.25, -0.2) is 8.42 Å². The van der Waals surface area contributed by atoms with Crippen LogP contribution < -0.4 is 4.74 Å². The van der Waals surface area contributed by atoms with Crippen molar-refractivity contribution in [1.29, 1.82) is 0 Å². The number of amides is 1. The Morgan fingerprint density at radius 3 is 2.77 bits per heavy atom. The van der Waals surface area contributed by atoms with Gasteiger partial charge >= 0.3 is 0 Å². The number of nitrogens with zero attached hydrogens (tertiary/aromatic N) is 1. The molecular formula is C23H27NO5S2. The molecule has 2 aliphatic heterocycles. The van der Waals surface area contributed by atoms with Gasteiger partial charge in [0.05, 0.1) is 29.6 Å². The Kier molecular flexibility index (Phi) is 5.56. The monoisotopic (exact) mass is 461 g/mol. The molecule has 1 amide bonds. The Bertz CT molecular complexity index is 1100. The second-order valence-corrected chi connectivity index (χ2v) is 11.9. The van der Waals surface area contributed by atoms with Crippen LogP contribution in [0.25, 0.3) is 10.4 Å². The van der Waals surface area contributed by atoms with Gasteiger partial charge in [-0.15, -0.1) is 11.3 Å². The van der Waals surface area contributed by atoms with E-state index in [0.29, 0.717) is 24.4 Å². The molecule has 5 rings (SSSR count). The molecular weight excluding hydrogens is 434 g/mol. The van der Waals surface area contributed by atoms with Gasteiger partial charge in [0.25, 0.3) is 5.91 Å². The number of fused-ring (bicyclic) bond motifs is 3. The summed E-state index contributed by atoms with van der Waals surface area (Å²) in [4.78, 5) is 17.2. The number of carbonyl (C=O) groups is 1. The van der Waals surface area contributed by atoms with Crippen molar-refractivity contribution in [2.75, 3.05) is 31.8 Å². The van der Waals surface area contributed by atoms with Gasteiger partial charge in [0.1, 0.15) is 5.75 Å². The summed E-state index contributed by atoms with van der Waals surface area (Å²) in [5.41, 5.74) is 3.60. The second-order valence-electron chi connectivity index (χ2n) is 8.64. The summed E-state index contributed by atoms with van der Waals surface area (Å²) < 4.78 is 35.4. The maximum absolute atomic E-state index is 13.6. The first-order chi connectivity index (χ1) is 14.9. The molecule has 1 aliphatic carbocycles. The minimum atomic E-state index is -3.08. The average Bonchev–Trinajstić information content (AvgIpc) is 3.50. The van der Waals surface area contributed by atoms with E-state index in [1.165, 1.54) is 28.0 Å². The fraction of sp³-hybridized carbons (Fsp3) is 0.522. The van der Waals surface area contributed by atoms with Crippen LogP contribution in [0.4, 0.5) is 0 Å². The van der Waals surface area contributed by atoms with E-state index in [9.17, 15) is 13.2 Å². The molecule has 2 saturated heterocycles. The highest BCUT2D eigenvalue weighted by Crippen LogP contribution is 2.41. The molecule has 6 nitrogen and oxygen atoms in total. The largest absolute Gasteiger partial charge is 0.497 e. The van der Waals surface area contributed by atoms with Crippen LogP contribution in [-0.2, 0) is 27.4 Å². The molecule has 0 N–H and O–H groups in total. The Labute approximate surface area is 187 Å². The predicted molar refractivity (Wildman–Crippen MR) is 121 cm³/mol. The third-order valence-electron chi connectivity index (χ3n) is 6.57. The molecule has 31 heavy (non-hydrogen) atoms. The number of carbonyl (C=O) groups excluding carboxylic acids is 1. The maximum atomic E-state index is 13.6. The van der Waals surface area contributed by atoms with Crippen molar-refractivity contribution in [2.24, 2.45) is 0 Å². The number of aryl methyl sites for hydroxylation is 2. The zero-order valence-electron chi connectivity index (χ0n) is 17.6. The highest BCUT2D eigenvalue weighted by Gasteiger charge is 2.37. The molecule has 0 unspecified atom stereocenters. The van der Waals surface area contributed by atoms with E-state index in [0.717, 1.165) is 36.3 Å². The van der Waals surface area contributed by atoms with E-state index in [4.69, 9.17) is 9.47 Å². The lowest BCUT2D eigenvalue weighted by Gasteiger charge is -2.30. The number of methoxy groups -OCH3 is 1. The summed E-state index contributed by atoms with van der Waals surface area (Å²) in [5, 5.41) is 0. The lowest BCUT2D eigenvalue weighted by atomic mass is 9.91. The van der Waals surface area contributed by atoms with Gasteiger partial charge in [0.15, 0.2) is 9.84 Å². The second kappa shape index (κ2) is 8.22. The van der Waals surface area contributed by atoms with Crippen LogP contribution in [0.15, 0.2) is 24.3 Å². The molecule has 0 spiro atoms. The van der Waals surface area contributed by atoms with E-state index in [2.05, 4.69) is 12.1 Å². The van der Waals surface area contributed by atoms with Crippen LogP contribution in [0.2, 0.25) is 0 Å². The van der Waals surface area contributed by atoms with Gasteiger partial charge in [0.2, 0.25) is 0 Å². The lowest BCUT2D eigenvalue weighted by Crippen LogP contribution is -2.45. The molecule has 0 bridgehead atoms. The molecule has 0 saturated carbocycles. The quantitative estimate of drug-likeness (QED) is 0.683. The van der Waals surface area contributed by atoms with Crippen LogP contribution in [0, 0.1) is 0 Å². The van der Waals surface area contributed by atoms with E-state index in [1.807, 2.05) is 12.1 Å². The molecule has 1 aromatic heterocycles. The smallest absolute Gasteiger partial charge is 0.264 e. The van der Waals surface area contributed by atoms with Crippen molar-refractivity contribution in [1.82, 2.24) is 4.90 Å². The van der Waals surface area contributed by atoms with Crippen LogP contribution in [0.3, 0.4) is 0 Å². The highest BCUT2D eigenvalue weighted by molar-refractivity contribution is 7.91. The molecule has 2 fully saturated rings. The number of rotatable bonds is 5. The fourth-order valence-electron chi connectivity index (χ4n) is 4.91. The molecule has 2 atom stereocenters. The Balaban J connectivity index is 1.45. The standard InChI is InChI=1S/C23H27NO5S2/c1-28-18-6-7-20-15(11-18)4-5-16-12-21(30-22(16)20)23(25)24(13-19-3-2-9-29-19)17-8-10-31(26,27)14-17/h6-7,11-12,17,19H,2-5,8-10,13-14H2,1H3/t17-,19+/m0/s1. The first kappa shape index (κ1) is 21.0. The topological polar surface area (TPSA) is 72.9 Å². The predicted octanol–water partition coefficient (Wildman–Crippen LogP) is 3.33. The number of benzene rings is 1. The third-order valence-corrected chi connectivity index (χ3v) is 9.52. The number of hydrogen-bond acceptors (Lipinski definition) is 6. The molecule has 3 heterocycles. The average molecular weight is 462 g/mol. The lowest BCUT2D eigenvalue weighted by molar-refractivity contribution is 0.0445. The summed E-state index contributed by atoms with van der Waals surface area (Å²) in [5.74, 6) is 0.995. The molecule has 1 aromatic carbocycles. The van der Waals surface area contributed by atoms with E-state index >= 15 is 0 Å². The van der Waals surface area contributed by atoms with Gasteiger partial charge in [-0.3, -0.25) is 4.79 Å². The van der Waals surface area contributed by atoms with E-state index in [-0.39, 0.29) is 29.6 Å². The van der Waals surface area contributed by atoms with Crippen molar-refractivity contribution in [3.63, 3.8) is 0 Å². The first-order valence-corrected chi connectivity index (χ1v) is 13.5. The summed E-state index contributed by atoms with van der Waals surface area (Å²) in [6, 6.07) is 7.86. The SMILES string of the molecule is COc1ccc2c(c1)CCc1cc(C(=O)N(C[C@H]3CCCO3)[C@H]3CCS(=O)(=O)C3)sc1-2. The fourth-order valence-corrected chi connectivity index (χ4v) is 7.87. The van der Waals surface area contributed by atoms with Crippen molar-refractivity contribution >= 4 is 27.1 Å². The molecule has 2 aromatic rings. The summed E-state index contributed by atoms with van der Waals surface area (Å²) in [6.45, 7) is 1.18. The van der Waals surface area contributed by atoms with Crippen molar-refractivity contribution in [2.45, 2.75) is 44.2 Å². The van der Waals surface area contributed by atoms with Gasteiger partial charge in [-0.2, -0.15) is 0 Å². The van der Waals surface area contributed by atoms with Gasteiger partial charge < -0.3 is 14.4 Å². The Morgan fingerprint density at radius 1 is 1.23 bits per heavy atom. The van der Waals surface area contributed by atoms with Crippen molar-refractivity contribution in [3.05, 3.63) is 40.3 Å². The van der Waals surface area contributed by atoms with Gasteiger partial charge in [0, 0.05) is 24.1 Å². The first-order valence-electron chi connectivity index (χ1n) is 10.9. The number of hydrogen-bond donors (Lipinski definition) is 0. The molecule has 0 radical (unpaired) electrons. The minimum absolute atomic E-state index is 0.00460. The van der Waals surface area contributed by atoms with Crippen LogP contribution in [0.5, 0.6) is 5.75 Å². The highest BCUT2D eigenvalue weighted by atomic mass is 32.2. The maximum Gasteiger partial charge on any atom is 0.264 e. The molecule has 166 valence electrons. The normalized spacial score (nSPS) is 23.9. The molecule has 3 aliphatic rings. The minimum Gasteiger partial charge on any atom is -0.497 e. The number of ether oxygens (including phenoxy) is 2. The van der Waals surface area contributed by atoms with Gasteiger partial charge in [-0.1, -0.05) is 0 Å². The zero-order chi connectivity index (χ0) is 21.6. The van der Waals surface area contributed by atoms with E-state index in [1.54, 1.807) is 12.0 Å². The van der Waals surface area contributed by atoms with E-state index < -0.39 is 9.84 Å². The van der Waals surface area contributed by atoms with Crippen molar-refractivity contribution in [3.8, 4) is 16.2 Å². The summed E-state index contributed by atoms with van der Waals surface area (Å²) in [7, 11) is -1.41. The summed E-state index contributed by atoms with van der Waals surface area (Å²) in [6.07, 6.45) is 4.22. The van der Waals surface area contributed by atoms with Crippen molar-refractivity contribution < 1.29 is 22.7 Å². The number of sulfone groups is 1.